The monoisotopic (exact) mass is 402 g/mol. The molecule has 0 bridgehead atoms. The van der Waals surface area contributed by atoms with Crippen LogP contribution in [0.15, 0.2) is 24.3 Å². The number of piperazine rings is 1. The Morgan fingerprint density at radius 1 is 1.00 bits per heavy atom. The molecule has 0 radical (unpaired) electrons. The summed E-state index contributed by atoms with van der Waals surface area (Å²) in [7, 11) is 0. The van der Waals surface area contributed by atoms with Gasteiger partial charge in [-0.05, 0) is 57.1 Å². The van der Waals surface area contributed by atoms with Crippen molar-refractivity contribution in [3.05, 3.63) is 40.7 Å². The fraction of sp³-hybridized carbons (Fsp3) is 0.524. The van der Waals surface area contributed by atoms with E-state index in [0.29, 0.717) is 4.88 Å². The minimum Gasteiger partial charge on any atom is -0.335 e. The van der Waals surface area contributed by atoms with Gasteiger partial charge in [0, 0.05) is 44.8 Å². The van der Waals surface area contributed by atoms with Gasteiger partial charge in [-0.15, -0.1) is 11.3 Å². The maximum Gasteiger partial charge on any atom is 0.265 e. The van der Waals surface area contributed by atoms with Gasteiger partial charge in [-0.1, -0.05) is 0 Å². The summed E-state index contributed by atoms with van der Waals surface area (Å²) in [5, 5.41) is 0.769. The molecule has 2 fully saturated rings. The van der Waals surface area contributed by atoms with Gasteiger partial charge in [0.05, 0.1) is 5.69 Å². The van der Waals surface area contributed by atoms with Crippen molar-refractivity contribution in [2.24, 2.45) is 0 Å². The summed E-state index contributed by atoms with van der Waals surface area (Å²) in [5.41, 5.74) is 1.60. The van der Waals surface area contributed by atoms with Gasteiger partial charge < -0.3 is 9.80 Å². The van der Waals surface area contributed by atoms with E-state index in [4.69, 9.17) is 0 Å². The van der Waals surface area contributed by atoms with Crippen molar-refractivity contribution < 1.29 is 9.18 Å². The molecule has 2 aliphatic heterocycles. The van der Waals surface area contributed by atoms with Gasteiger partial charge in [0.15, 0.2) is 0 Å². The Balaban J connectivity index is 1.34. The zero-order valence-electron chi connectivity index (χ0n) is 16.4. The maximum atomic E-state index is 13.1. The Kier molecular flexibility index (Phi) is 6.04. The van der Waals surface area contributed by atoms with Crippen molar-refractivity contribution in [3.8, 4) is 10.6 Å². The molecule has 4 rings (SSSR count). The molecule has 1 amide bonds. The summed E-state index contributed by atoms with van der Waals surface area (Å²) < 4.78 is 13.1. The first kappa shape index (κ1) is 19.5. The third-order valence-corrected chi connectivity index (χ3v) is 6.87. The Hall–Kier alpha value is -1.83. The number of hydrogen-bond donors (Lipinski definition) is 0. The second-order valence-electron chi connectivity index (χ2n) is 7.62. The van der Waals surface area contributed by atoms with Crippen LogP contribution in [0.1, 0.15) is 28.2 Å². The number of halogens is 1. The van der Waals surface area contributed by atoms with Crippen molar-refractivity contribution in [2.45, 2.75) is 19.8 Å². The van der Waals surface area contributed by atoms with Gasteiger partial charge in [0.25, 0.3) is 5.91 Å². The molecule has 150 valence electrons. The Morgan fingerprint density at radius 2 is 1.61 bits per heavy atom. The van der Waals surface area contributed by atoms with Crippen molar-refractivity contribution in [3.63, 3.8) is 0 Å². The molecule has 0 atom stereocenters. The van der Waals surface area contributed by atoms with Gasteiger partial charge in [0.2, 0.25) is 0 Å². The number of amides is 1. The van der Waals surface area contributed by atoms with Crippen LogP contribution in [-0.4, -0.2) is 77.9 Å². The lowest BCUT2D eigenvalue weighted by Crippen LogP contribution is -2.50. The second-order valence-corrected chi connectivity index (χ2v) is 8.62. The molecule has 0 unspecified atom stereocenters. The summed E-state index contributed by atoms with van der Waals surface area (Å²) >= 11 is 1.40. The Labute approximate surface area is 169 Å². The number of carbonyl (C=O) groups is 1. The molecule has 0 N–H and O–H groups in total. The number of aryl methyl sites for hydroxylation is 1. The molecule has 28 heavy (non-hydrogen) atoms. The van der Waals surface area contributed by atoms with Crippen molar-refractivity contribution >= 4 is 17.2 Å². The molecule has 0 saturated carbocycles. The van der Waals surface area contributed by atoms with E-state index in [1.165, 1.54) is 49.4 Å². The summed E-state index contributed by atoms with van der Waals surface area (Å²) in [5.74, 6) is -0.196. The van der Waals surface area contributed by atoms with Gasteiger partial charge >= 0.3 is 0 Å². The zero-order valence-corrected chi connectivity index (χ0v) is 17.2. The molecule has 7 heteroatoms. The molecule has 1 aromatic heterocycles. The van der Waals surface area contributed by atoms with E-state index < -0.39 is 0 Å². The number of nitrogens with zero attached hydrogens (tertiary/aromatic N) is 4. The first-order chi connectivity index (χ1) is 13.6. The third kappa shape index (κ3) is 4.42. The van der Waals surface area contributed by atoms with E-state index >= 15 is 0 Å². The number of likely N-dealkylation sites (tertiary alicyclic amines) is 1. The van der Waals surface area contributed by atoms with Gasteiger partial charge in [0.1, 0.15) is 15.7 Å². The van der Waals surface area contributed by atoms with Crippen LogP contribution in [0.4, 0.5) is 4.39 Å². The van der Waals surface area contributed by atoms with Gasteiger partial charge in [-0.2, -0.15) is 0 Å². The molecular formula is C21H27FN4OS. The lowest BCUT2D eigenvalue weighted by Gasteiger charge is -2.35. The summed E-state index contributed by atoms with van der Waals surface area (Å²) in [6.45, 7) is 9.98. The molecule has 2 saturated heterocycles. The minimum atomic E-state index is -0.268. The summed E-state index contributed by atoms with van der Waals surface area (Å²) in [6.07, 6.45) is 2.66. The van der Waals surface area contributed by atoms with E-state index in [-0.39, 0.29) is 11.7 Å². The van der Waals surface area contributed by atoms with Crippen LogP contribution in [-0.2, 0) is 0 Å². The van der Waals surface area contributed by atoms with Crippen LogP contribution in [0.2, 0.25) is 0 Å². The molecule has 3 heterocycles. The van der Waals surface area contributed by atoms with Crippen molar-refractivity contribution in [1.82, 2.24) is 19.7 Å². The zero-order chi connectivity index (χ0) is 19.5. The lowest BCUT2D eigenvalue weighted by molar-refractivity contribution is 0.0630. The van der Waals surface area contributed by atoms with Crippen LogP contribution < -0.4 is 0 Å². The van der Waals surface area contributed by atoms with Crippen molar-refractivity contribution in [1.29, 1.82) is 0 Å². The standard InChI is InChI=1S/C21H27FN4OS/c1-16-19(28-20(23-16)17-4-6-18(22)7-5-17)21(27)26-14-12-25(13-15-26)11-10-24-8-2-3-9-24/h4-7H,2-3,8-15H2,1H3. The maximum absolute atomic E-state index is 13.1. The third-order valence-electron chi connectivity index (χ3n) is 5.67. The van der Waals surface area contributed by atoms with E-state index in [9.17, 15) is 9.18 Å². The topological polar surface area (TPSA) is 39.7 Å². The predicted octanol–water partition coefficient (Wildman–Crippen LogP) is 3.11. The molecule has 2 aromatic rings. The smallest absolute Gasteiger partial charge is 0.265 e. The van der Waals surface area contributed by atoms with Gasteiger partial charge in [-0.3, -0.25) is 9.69 Å². The highest BCUT2D eigenvalue weighted by molar-refractivity contribution is 7.17. The van der Waals surface area contributed by atoms with Crippen LogP contribution >= 0.6 is 11.3 Å². The molecular weight excluding hydrogens is 375 g/mol. The molecule has 1 aromatic carbocycles. The Morgan fingerprint density at radius 3 is 2.25 bits per heavy atom. The summed E-state index contributed by atoms with van der Waals surface area (Å²) in [6, 6.07) is 6.27. The predicted molar refractivity (Wildman–Crippen MR) is 110 cm³/mol. The quantitative estimate of drug-likeness (QED) is 0.771. The number of hydrogen-bond acceptors (Lipinski definition) is 5. The number of thiazole rings is 1. The van der Waals surface area contributed by atoms with Crippen LogP contribution in [0.5, 0.6) is 0 Å². The van der Waals surface area contributed by atoms with Gasteiger partial charge in [-0.25, -0.2) is 9.37 Å². The largest absolute Gasteiger partial charge is 0.335 e. The first-order valence-corrected chi connectivity index (χ1v) is 10.9. The van der Waals surface area contributed by atoms with E-state index in [0.717, 1.165) is 55.5 Å². The SMILES string of the molecule is Cc1nc(-c2ccc(F)cc2)sc1C(=O)N1CCN(CCN2CCCC2)CC1. The second kappa shape index (κ2) is 8.68. The number of benzene rings is 1. The van der Waals surface area contributed by atoms with E-state index in [1.807, 2.05) is 11.8 Å². The molecule has 0 spiro atoms. The van der Waals surface area contributed by atoms with E-state index in [1.54, 1.807) is 12.1 Å². The van der Waals surface area contributed by atoms with Crippen LogP contribution in [0.25, 0.3) is 10.6 Å². The highest BCUT2D eigenvalue weighted by Crippen LogP contribution is 2.29. The highest BCUT2D eigenvalue weighted by atomic mass is 32.1. The van der Waals surface area contributed by atoms with E-state index in [2.05, 4.69) is 14.8 Å². The average molecular weight is 403 g/mol. The first-order valence-electron chi connectivity index (χ1n) is 10.1. The van der Waals surface area contributed by atoms with Crippen LogP contribution in [0.3, 0.4) is 0 Å². The molecule has 5 nitrogen and oxygen atoms in total. The molecule has 2 aliphatic rings. The normalized spacial score (nSPS) is 18.7. The number of aromatic nitrogens is 1. The number of carbonyl (C=O) groups excluding carboxylic acids is 1. The fourth-order valence-corrected chi connectivity index (χ4v) is 4.96. The highest BCUT2D eigenvalue weighted by Gasteiger charge is 2.26. The number of rotatable bonds is 5. The van der Waals surface area contributed by atoms with Crippen LogP contribution in [0, 0.1) is 12.7 Å². The lowest BCUT2D eigenvalue weighted by atomic mass is 10.2. The minimum absolute atomic E-state index is 0.0718. The average Bonchev–Trinajstić information content (AvgIpc) is 3.36. The van der Waals surface area contributed by atoms with Crippen molar-refractivity contribution in [2.75, 3.05) is 52.4 Å². The Bertz CT molecular complexity index is 808. The summed E-state index contributed by atoms with van der Waals surface area (Å²) in [4.78, 5) is 25.2. The molecule has 0 aliphatic carbocycles. The fourth-order valence-electron chi connectivity index (χ4n) is 3.92.